The standard InChI is InChI=1S/C17H17F3N2O2/c1-9-6-12(17(18,19)20)4-5-13(9)10(2)7-15(23)14-8-16(24)22-11(3)21-14/h4-6,8,10H,7H2,1-3H3,(H,21,22,24). The van der Waals surface area contributed by atoms with Crippen LogP contribution in [0.15, 0.2) is 29.1 Å². The van der Waals surface area contributed by atoms with Gasteiger partial charge in [0.05, 0.1) is 5.56 Å². The molecule has 24 heavy (non-hydrogen) atoms. The maximum Gasteiger partial charge on any atom is 0.416 e. The molecule has 1 aromatic carbocycles. The predicted molar refractivity (Wildman–Crippen MR) is 83.1 cm³/mol. The Kier molecular flexibility index (Phi) is 4.91. The largest absolute Gasteiger partial charge is 0.416 e. The van der Waals surface area contributed by atoms with Gasteiger partial charge in [0.15, 0.2) is 5.78 Å². The Hall–Kier alpha value is -2.44. The summed E-state index contributed by atoms with van der Waals surface area (Å²) in [6.45, 7) is 4.91. The summed E-state index contributed by atoms with van der Waals surface area (Å²) in [5.41, 5.74) is 0.0733. The number of halogens is 3. The average molecular weight is 338 g/mol. The van der Waals surface area contributed by atoms with Crippen LogP contribution in [0.3, 0.4) is 0 Å². The van der Waals surface area contributed by atoms with Crippen molar-refractivity contribution in [3.63, 3.8) is 0 Å². The highest BCUT2D eigenvalue weighted by Crippen LogP contribution is 2.32. The van der Waals surface area contributed by atoms with Gasteiger partial charge in [0.25, 0.3) is 5.56 Å². The van der Waals surface area contributed by atoms with Crippen LogP contribution in [0.2, 0.25) is 0 Å². The van der Waals surface area contributed by atoms with E-state index < -0.39 is 17.3 Å². The number of Topliss-reactive ketones (excluding diaryl/α,β-unsaturated/α-hetero) is 1. The molecule has 0 fully saturated rings. The van der Waals surface area contributed by atoms with Crippen LogP contribution in [-0.4, -0.2) is 15.8 Å². The number of rotatable bonds is 4. The van der Waals surface area contributed by atoms with Crippen LogP contribution in [0.4, 0.5) is 13.2 Å². The molecule has 0 saturated carbocycles. The number of carbonyl (C=O) groups is 1. The third kappa shape index (κ3) is 4.10. The Morgan fingerprint density at radius 1 is 1.25 bits per heavy atom. The second-order valence-electron chi connectivity index (χ2n) is 5.81. The molecular formula is C17H17F3N2O2. The first-order chi connectivity index (χ1) is 11.1. The lowest BCUT2D eigenvalue weighted by atomic mass is 9.90. The molecule has 0 aliphatic heterocycles. The van der Waals surface area contributed by atoms with Gasteiger partial charge in [-0.05, 0) is 43.0 Å². The second-order valence-corrected chi connectivity index (χ2v) is 5.81. The van der Waals surface area contributed by atoms with Crippen LogP contribution in [-0.2, 0) is 6.18 Å². The molecule has 0 saturated heterocycles. The SMILES string of the molecule is Cc1nc(C(=O)CC(C)c2ccc(C(F)(F)F)cc2C)cc(=O)[nH]1. The number of aromatic amines is 1. The lowest BCUT2D eigenvalue weighted by Gasteiger charge is -2.16. The van der Waals surface area contributed by atoms with Crippen molar-refractivity contribution in [2.75, 3.05) is 0 Å². The summed E-state index contributed by atoms with van der Waals surface area (Å²) >= 11 is 0. The first-order valence-electron chi connectivity index (χ1n) is 7.37. The van der Waals surface area contributed by atoms with Crippen molar-refractivity contribution in [2.45, 2.75) is 39.3 Å². The van der Waals surface area contributed by atoms with E-state index in [-0.39, 0.29) is 23.8 Å². The molecule has 1 aromatic heterocycles. The van der Waals surface area contributed by atoms with E-state index in [1.165, 1.54) is 6.07 Å². The Morgan fingerprint density at radius 3 is 2.46 bits per heavy atom. The van der Waals surface area contributed by atoms with Gasteiger partial charge in [0, 0.05) is 12.5 Å². The molecule has 1 atom stereocenters. The maximum atomic E-state index is 12.7. The summed E-state index contributed by atoms with van der Waals surface area (Å²) in [6.07, 6.45) is -4.34. The molecule has 1 unspecified atom stereocenters. The third-order valence-electron chi connectivity index (χ3n) is 3.77. The highest BCUT2D eigenvalue weighted by molar-refractivity contribution is 5.94. The van der Waals surface area contributed by atoms with Crippen molar-refractivity contribution in [2.24, 2.45) is 0 Å². The number of alkyl halides is 3. The van der Waals surface area contributed by atoms with E-state index in [9.17, 15) is 22.8 Å². The number of benzene rings is 1. The molecular weight excluding hydrogens is 321 g/mol. The smallest absolute Gasteiger partial charge is 0.311 e. The monoisotopic (exact) mass is 338 g/mol. The molecule has 0 aliphatic rings. The van der Waals surface area contributed by atoms with Crippen molar-refractivity contribution in [3.05, 3.63) is 62.8 Å². The Bertz CT molecular complexity index is 825. The van der Waals surface area contributed by atoms with Crippen molar-refractivity contribution in [3.8, 4) is 0 Å². The van der Waals surface area contributed by atoms with Crippen molar-refractivity contribution >= 4 is 5.78 Å². The zero-order valence-corrected chi connectivity index (χ0v) is 13.5. The number of carbonyl (C=O) groups excluding carboxylic acids is 1. The lowest BCUT2D eigenvalue weighted by molar-refractivity contribution is -0.137. The van der Waals surface area contributed by atoms with E-state index in [4.69, 9.17) is 0 Å². The van der Waals surface area contributed by atoms with E-state index in [0.29, 0.717) is 17.0 Å². The number of ketones is 1. The van der Waals surface area contributed by atoms with Gasteiger partial charge >= 0.3 is 6.18 Å². The first kappa shape index (κ1) is 17.9. The van der Waals surface area contributed by atoms with Crippen LogP contribution < -0.4 is 5.56 Å². The van der Waals surface area contributed by atoms with Crippen LogP contribution in [0, 0.1) is 13.8 Å². The van der Waals surface area contributed by atoms with Gasteiger partial charge in [-0.25, -0.2) is 4.98 Å². The van der Waals surface area contributed by atoms with Crippen LogP contribution in [0.1, 0.15) is 52.3 Å². The number of H-pyrrole nitrogens is 1. The highest BCUT2D eigenvalue weighted by atomic mass is 19.4. The third-order valence-corrected chi connectivity index (χ3v) is 3.77. The Balaban J connectivity index is 2.22. The summed E-state index contributed by atoms with van der Waals surface area (Å²) in [5, 5.41) is 0. The van der Waals surface area contributed by atoms with E-state index in [1.54, 1.807) is 20.8 Å². The molecule has 4 nitrogen and oxygen atoms in total. The van der Waals surface area contributed by atoms with Gasteiger partial charge in [0.1, 0.15) is 11.5 Å². The molecule has 0 radical (unpaired) electrons. The molecule has 128 valence electrons. The Labute approximate surface area is 136 Å². The van der Waals surface area contributed by atoms with Gasteiger partial charge < -0.3 is 4.98 Å². The predicted octanol–water partition coefficient (Wildman–Crippen LogP) is 3.78. The van der Waals surface area contributed by atoms with Crippen molar-refractivity contribution < 1.29 is 18.0 Å². The topological polar surface area (TPSA) is 62.8 Å². The number of hydrogen-bond acceptors (Lipinski definition) is 3. The molecule has 2 aromatic rings. The average Bonchev–Trinajstić information content (AvgIpc) is 2.44. The van der Waals surface area contributed by atoms with Gasteiger partial charge in [-0.2, -0.15) is 13.2 Å². The van der Waals surface area contributed by atoms with Crippen LogP contribution in [0.25, 0.3) is 0 Å². The van der Waals surface area contributed by atoms with Gasteiger partial charge in [-0.3, -0.25) is 9.59 Å². The number of hydrogen-bond donors (Lipinski definition) is 1. The van der Waals surface area contributed by atoms with Crippen LogP contribution in [0.5, 0.6) is 0 Å². The highest BCUT2D eigenvalue weighted by Gasteiger charge is 2.31. The summed E-state index contributed by atoms with van der Waals surface area (Å²) < 4.78 is 38.1. The molecule has 7 heteroatoms. The zero-order chi connectivity index (χ0) is 18.1. The molecule has 1 heterocycles. The normalized spacial score (nSPS) is 12.9. The quantitative estimate of drug-likeness (QED) is 0.863. The molecule has 0 amide bonds. The number of nitrogens with one attached hydrogen (secondary N) is 1. The minimum atomic E-state index is -4.39. The second kappa shape index (κ2) is 6.59. The van der Waals surface area contributed by atoms with Gasteiger partial charge in [-0.15, -0.1) is 0 Å². The molecule has 0 aliphatic carbocycles. The van der Waals surface area contributed by atoms with Gasteiger partial charge in [-0.1, -0.05) is 13.0 Å². The fourth-order valence-electron chi connectivity index (χ4n) is 2.62. The van der Waals surface area contributed by atoms with E-state index in [1.807, 2.05) is 0 Å². The van der Waals surface area contributed by atoms with Crippen LogP contribution >= 0.6 is 0 Å². The molecule has 1 N–H and O–H groups in total. The number of aryl methyl sites for hydroxylation is 2. The number of aromatic nitrogens is 2. The maximum absolute atomic E-state index is 12.7. The Morgan fingerprint density at radius 2 is 1.92 bits per heavy atom. The number of nitrogens with zero attached hydrogens (tertiary/aromatic N) is 1. The fourth-order valence-corrected chi connectivity index (χ4v) is 2.62. The first-order valence-corrected chi connectivity index (χ1v) is 7.37. The lowest BCUT2D eigenvalue weighted by Crippen LogP contribution is -2.15. The summed E-state index contributed by atoms with van der Waals surface area (Å²) in [6, 6.07) is 4.61. The van der Waals surface area contributed by atoms with Gasteiger partial charge in [0.2, 0.25) is 0 Å². The summed E-state index contributed by atoms with van der Waals surface area (Å²) in [4.78, 5) is 30.1. The molecule has 0 spiro atoms. The van der Waals surface area contributed by atoms with E-state index in [0.717, 1.165) is 18.2 Å². The zero-order valence-electron chi connectivity index (χ0n) is 13.5. The van der Waals surface area contributed by atoms with Crippen molar-refractivity contribution in [1.29, 1.82) is 0 Å². The minimum absolute atomic E-state index is 0.0576. The molecule has 2 rings (SSSR count). The summed E-state index contributed by atoms with van der Waals surface area (Å²) in [5.74, 6) is -0.276. The van der Waals surface area contributed by atoms with E-state index in [2.05, 4.69) is 9.97 Å². The minimum Gasteiger partial charge on any atom is -0.311 e. The fraction of sp³-hybridized carbons (Fsp3) is 0.353. The molecule has 0 bridgehead atoms. The van der Waals surface area contributed by atoms with E-state index >= 15 is 0 Å². The summed E-state index contributed by atoms with van der Waals surface area (Å²) in [7, 11) is 0. The van der Waals surface area contributed by atoms with Crippen molar-refractivity contribution in [1.82, 2.24) is 9.97 Å².